The van der Waals surface area contributed by atoms with E-state index in [1.165, 1.54) is 19.3 Å². The van der Waals surface area contributed by atoms with E-state index in [2.05, 4.69) is 6.58 Å². The number of benzene rings is 1. The van der Waals surface area contributed by atoms with Crippen molar-refractivity contribution in [3.63, 3.8) is 0 Å². The molecule has 0 saturated heterocycles. The Hall–Kier alpha value is -1.08. The van der Waals surface area contributed by atoms with Gasteiger partial charge in [-0.05, 0) is 29.9 Å². The molecule has 0 aromatic heterocycles. The van der Waals surface area contributed by atoms with Gasteiger partial charge in [-0.25, -0.2) is 0 Å². The van der Waals surface area contributed by atoms with Gasteiger partial charge in [-0.1, -0.05) is 56.2 Å². The maximum Gasteiger partial charge on any atom is 0.0818 e. The van der Waals surface area contributed by atoms with Crippen molar-refractivity contribution in [1.82, 2.24) is 0 Å². The highest BCUT2D eigenvalue weighted by Gasteiger charge is 2.24. The average Bonchev–Trinajstić information content (AvgIpc) is 2.39. The minimum Gasteiger partial charge on any atom is -0.388 e. The highest BCUT2D eigenvalue weighted by molar-refractivity contribution is 5.66. The molecule has 0 radical (unpaired) electrons. The van der Waals surface area contributed by atoms with E-state index in [9.17, 15) is 5.11 Å². The first-order valence-electron chi connectivity index (χ1n) is 6.21. The zero-order valence-corrected chi connectivity index (χ0v) is 9.73. The van der Waals surface area contributed by atoms with Gasteiger partial charge in [0, 0.05) is 0 Å². The second-order valence-corrected chi connectivity index (χ2v) is 4.73. The number of aliphatic hydroxyl groups excluding tert-OH is 1. The average molecular weight is 216 g/mol. The third-order valence-corrected chi connectivity index (χ3v) is 3.60. The van der Waals surface area contributed by atoms with Crippen molar-refractivity contribution in [2.75, 3.05) is 0 Å². The number of hydrogen-bond donors (Lipinski definition) is 1. The van der Waals surface area contributed by atoms with E-state index < -0.39 is 0 Å². The molecule has 16 heavy (non-hydrogen) atoms. The molecule has 1 atom stereocenters. The first kappa shape index (κ1) is 11.4. The Morgan fingerprint density at radius 1 is 1.12 bits per heavy atom. The summed E-state index contributed by atoms with van der Waals surface area (Å²) < 4.78 is 0. The fourth-order valence-corrected chi connectivity index (χ4v) is 2.56. The van der Waals surface area contributed by atoms with Crippen LogP contribution in [0.5, 0.6) is 0 Å². The molecule has 0 spiro atoms. The molecule has 0 amide bonds. The molecule has 2 rings (SSSR count). The Bertz CT molecular complexity index is 336. The van der Waals surface area contributed by atoms with E-state index in [0.717, 1.165) is 24.0 Å². The van der Waals surface area contributed by atoms with Crippen molar-refractivity contribution in [1.29, 1.82) is 0 Å². The van der Waals surface area contributed by atoms with Crippen LogP contribution in [0.3, 0.4) is 0 Å². The molecular weight excluding hydrogens is 196 g/mol. The highest BCUT2D eigenvalue weighted by Crippen LogP contribution is 2.31. The summed E-state index contributed by atoms with van der Waals surface area (Å²) in [5, 5.41) is 10.3. The monoisotopic (exact) mass is 216 g/mol. The molecule has 1 unspecified atom stereocenters. The predicted molar refractivity (Wildman–Crippen MR) is 68.1 cm³/mol. The first-order chi connectivity index (χ1) is 7.79. The second kappa shape index (κ2) is 5.31. The topological polar surface area (TPSA) is 20.2 Å². The molecule has 0 heterocycles. The van der Waals surface area contributed by atoms with E-state index in [0.29, 0.717) is 5.92 Å². The van der Waals surface area contributed by atoms with Gasteiger partial charge >= 0.3 is 0 Å². The summed E-state index contributed by atoms with van der Waals surface area (Å²) in [6.07, 6.45) is 5.76. The van der Waals surface area contributed by atoms with Crippen LogP contribution in [0.2, 0.25) is 0 Å². The molecule has 1 saturated carbocycles. The SMILES string of the molecule is C=C(c1ccccc1)C(O)C1CCCCC1. The molecular formula is C15H20O. The van der Waals surface area contributed by atoms with Gasteiger partial charge in [0.25, 0.3) is 0 Å². The molecule has 1 N–H and O–H groups in total. The quantitative estimate of drug-likeness (QED) is 0.817. The van der Waals surface area contributed by atoms with Gasteiger partial charge in [-0.3, -0.25) is 0 Å². The van der Waals surface area contributed by atoms with Gasteiger partial charge < -0.3 is 5.11 Å². The third-order valence-electron chi connectivity index (χ3n) is 3.60. The molecule has 1 aromatic rings. The van der Waals surface area contributed by atoms with Gasteiger partial charge in [0.05, 0.1) is 6.10 Å². The molecule has 1 fully saturated rings. The van der Waals surface area contributed by atoms with Crippen LogP contribution in [-0.4, -0.2) is 11.2 Å². The van der Waals surface area contributed by atoms with Crippen molar-refractivity contribution in [2.24, 2.45) is 5.92 Å². The van der Waals surface area contributed by atoms with Crippen LogP contribution in [-0.2, 0) is 0 Å². The predicted octanol–water partition coefficient (Wildman–Crippen LogP) is 3.64. The second-order valence-electron chi connectivity index (χ2n) is 4.73. The zero-order chi connectivity index (χ0) is 11.4. The fourth-order valence-electron chi connectivity index (χ4n) is 2.56. The van der Waals surface area contributed by atoms with Gasteiger partial charge in [-0.15, -0.1) is 0 Å². The van der Waals surface area contributed by atoms with E-state index in [-0.39, 0.29) is 6.10 Å². The van der Waals surface area contributed by atoms with E-state index in [1.54, 1.807) is 0 Å². The summed E-state index contributed by atoms with van der Waals surface area (Å²) in [6, 6.07) is 10.0. The van der Waals surface area contributed by atoms with Crippen molar-refractivity contribution in [3.05, 3.63) is 42.5 Å². The lowest BCUT2D eigenvalue weighted by molar-refractivity contribution is 0.133. The summed E-state index contributed by atoms with van der Waals surface area (Å²) in [6.45, 7) is 4.05. The van der Waals surface area contributed by atoms with E-state index >= 15 is 0 Å². The molecule has 1 heteroatoms. The molecule has 86 valence electrons. The smallest absolute Gasteiger partial charge is 0.0818 e. The van der Waals surface area contributed by atoms with Crippen LogP contribution in [0.15, 0.2) is 36.9 Å². The Kier molecular flexibility index (Phi) is 3.79. The van der Waals surface area contributed by atoms with Crippen molar-refractivity contribution >= 4 is 5.57 Å². The Balaban J connectivity index is 2.04. The van der Waals surface area contributed by atoms with Gasteiger partial charge in [0.1, 0.15) is 0 Å². The summed E-state index contributed by atoms with van der Waals surface area (Å²) in [4.78, 5) is 0. The summed E-state index contributed by atoms with van der Waals surface area (Å²) in [7, 11) is 0. The lowest BCUT2D eigenvalue weighted by atomic mass is 9.81. The molecule has 1 aliphatic carbocycles. The molecule has 0 bridgehead atoms. The summed E-state index contributed by atoms with van der Waals surface area (Å²) >= 11 is 0. The van der Waals surface area contributed by atoms with Gasteiger partial charge in [0.2, 0.25) is 0 Å². The maximum absolute atomic E-state index is 10.3. The van der Waals surface area contributed by atoms with Crippen LogP contribution in [0.25, 0.3) is 5.57 Å². The molecule has 1 aliphatic rings. The number of rotatable bonds is 3. The van der Waals surface area contributed by atoms with E-state index in [1.807, 2.05) is 30.3 Å². The van der Waals surface area contributed by atoms with Crippen LogP contribution < -0.4 is 0 Å². The summed E-state index contributed by atoms with van der Waals surface area (Å²) in [5.41, 5.74) is 1.95. The van der Waals surface area contributed by atoms with Crippen molar-refractivity contribution in [2.45, 2.75) is 38.2 Å². The number of aliphatic hydroxyl groups is 1. The van der Waals surface area contributed by atoms with Gasteiger partial charge in [-0.2, -0.15) is 0 Å². The van der Waals surface area contributed by atoms with Crippen LogP contribution in [0, 0.1) is 5.92 Å². The molecule has 1 aromatic carbocycles. The maximum atomic E-state index is 10.3. The lowest BCUT2D eigenvalue weighted by Crippen LogP contribution is -2.23. The van der Waals surface area contributed by atoms with Crippen molar-refractivity contribution < 1.29 is 5.11 Å². The summed E-state index contributed by atoms with van der Waals surface area (Å²) in [5.74, 6) is 0.418. The largest absolute Gasteiger partial charge is 0.388 e. The standard InChI is InChI=1S/C15H20O/c1-12(13-8-4-2-5-9-13)15(16)14-10-6-3-7-11-14/h2,4-5,8-9,14-16H,1,3,6-7,10-11H2. The highest BCUT2D eigenvalue weighted by atomic mass is 16.3. The Morgan fingerprint density at radius 2 is 1.75 bits per heavy atom. The molecule has 1 nitrogen and oxygen atoms in total. The van der Waals surface area contributed by atoms with Crippen LogP contribution in [0.4, 0.5) is 0 Å². The Morgan fingerprint density at radius 3 is 2.38 bits per heavy atom. The third kappa shape index (κ3) is 2.53. The first-order valence-corrected chi connectivity index (χ1v) is 6.21. The normalized spacial score (nSPS) is 19.3. The van der Waals surface area contributed by atoms with Crippen LogP contribution in [0.1, 0.15) is 37.7 Å². The van der Waals surface area contributed by atoms with Crippen LogP contribution >= 0.6 is 0 Å². The van der Waals surface area contributed by atoms with Crippen molar-refractivity contribution in [3.8, 4) is 0 Å². The van der Waals surface area contributed by atoms with Gasteiger partial charge in [0.15, 0.2) is 0 Å². The number of hydrogen-bond acceptors (Lipinski definition) is 1. The minimum absolute atomic E-state index is 0.359. The van der Waals surface area contributed by atoms with E-state index in [4.69, 9.17) is 0 Å². The molecule has 0 aliphatic heterocycles. The fraction of sp³-hybridized carbons (Fsp3) is 0.467. The minimum atomic E-state index is -0.359. The Labute approximate surface area is 97.8 Å². The lowest BCUT2D eigenvalue weighted by Gasteiger charge is -2.28. The zero-order valence-electron chi connectivity index (χ0n) is 9.73.